The molecule has 1 aromatic heterocycles. The van der Waals surface area contributed by atoms with Crippen molar-refractivity contribution < 1.29 is 9.59 Å². The number of hydrogen-bond acceptors (Lipinski definition) is 5. The highest BCUT2D eigenvalue weighted by atomic mass is 32.2. The van der Waals surface area contributed by atoms with E-state index in [2.05, 4.69) is 35.4 Å². The average Bonchev–Trinajstić information content (AvgIpc) is 3.22. The molecule has 3 rings (SSSR count). The lowest BCUT2D eigenvalue weighted by Crippen LogP contribution is -2.48. The highest BCUT2D eigenvalue weighted by molar-refractivity contribution is 7.99. The highest BCUT2D eigenvalue weighted by Crippen LogP contribution is 2.21. The molecule has 0 saturated carbocycles. The van der Waals surface area contributed by atoms with E-state index in [4.69, 9.17) is 0 Å². The Morgan fingerprint density at radius 2 is 1.84 bits per heavy atom. The van der Waals surface area contributed by atoms with E-state index in [0.717, 1.165) is 11.3 Å². The number of aromatic nitrogens is 3. The van der Waals surface area contributed by atoms with Crippen LogP contribution in [0.25, 0.3) is 5.69 Å². The summed E-state index contributed by atoms with van der Waals surface area (Å²) in [5.41, 5.74) is 4.32. The maximum atomic E-state index is 12.7. The second-order valence-electron chi connectivity index (χ2n) is 7.58. The second kappa shape index (κ2) is 10.3. The van der Waals surface area contributed by atoms with Gasteiger partial charge in [0.1, 0.15) is 12.4 Å². The molecule has 162 valence electrons. The van der Waals surface area contributed by atoms with Gasteiger partial charge in [-0.2, -0.15) is 0 Å². The maximum absolute atomic E-state index is 12.7. The number of benzene rings is 2. The lowest BCUT2D eigenvalue weighted by atomic mass is 10.1. The number of aryl methyl sites for hydroxylation is 2. The molecule has 0 aliphatic heterocycles. The minimum absolute atomic E-state index is 0.134. The quantitative estimate of drug-likeness (QED) is 0.548. The number of nitrogens with one attached hydrogen (secondary N) is 1. The van der Waals surface area contributed by atoms with Gasteiger partial charge in [0.15, 0.2) is 5.16 Å². The smallest absolute Gasteiger partial charge is 0.244 e. The molecule has 0 aliphatic carbocycles. The summed E-state index contributed by atoms with van der Waals surface area (Å²) in [6.45, 7) is 4.12. The molecule has 0 radical (unpaired) electrons. The summed E-state index contributed by atoms with van der Waals surface area (Å²) in [5, 5.41) is 11.6. The van der Waals surface area contributed by atoms with Crippen LogP contribution in [-0.4, -0.2) is 57.4 Å². The van der Waals surface area contributed by atoms with Crippen molar-refractivity contribution in [3.63, 3.8) is 0 Å². The fraction of sp³-hybridized carbons (Fsp3) is 0.304. The van der Waals surface area contributed by atoms with Crippen LogP contribution in [0.3, 0.4) is 0 Å². The number of likely N-dealkylation sites (N-methyl/N-ethyl adjacent to an activating group) is 1. The van der Waals surface area contributed by atoms with Gasteiger partial charge < -0.3 is 10.2 Å². The van der Waals surface area contributed by atoms with Crippen LogP contribution in [0.15, 0.2) is 60.0 Å². The van der Waals surface area contributed by atoms with Crippen LogP contribution in [-0.2, 0) is 16.0 Å². The average molecular weight is 438 g/mol. The number of rotatable bonds is 8. The number of amides is 2. The van der Waals surface area contributed by atoms with Crippen LogP contribution in [0.1, 0.15) is 16.7 Å². The normalized spacial score (nSPS) is 11.7. The number of thioether (sulfide) groups is 1. The molecule has 0 aliphatic rings. The van der Waals surface area contributed by atoms with Crippen LogP contribution in [0.5, 0.6) is 0 Å². The van der Waals surface area contributed by atoms with E-state index in [0.29, 0.717) is 11.6 Å². The molecule has 0 fully saturated rings. The third-order valence-electron chi connectivity index (χ3n) is 4.97. The standard InChI is InChI=1S/C23H27N5O2S/c1-16-10-11-19(12-17(16)2)28-15-24-26-23(28)31-14-21(29)25-20(22(30)27(3)4)13-18-8-6-5-7-9-18/h5-12,15,20H,13-14H2,1-4H3,(H,25,29). The number of carbonyl (C=O) groups is 2. The largest absolute Gasteiger partial charge is 0.347 e. The summed E-state index contributed by atoms with van der Waals surface area (Å²) in [6.07, 6.45) is 2.07. The Labute approximate surface area is 186 Å². The van der Waals surface area contributed by atoms with Crippen molar-refractivity contribution in [1.82, 2.24) is 25.0 Å². The SMILES string of the molecule is Cc1ccc(-n2cnnc2SCC(=O)NC(Cc2ccccc2)C(=O)N(C)C)cc1C. The predicted octanol–water partition coefficient (Wildman–Crippen LogP) is 2.79. The molecular weight excluding hydrogens is 410 g/mol. The Morgan fingerprint density at radius 1 is 1.10 bits per heavy atom. The molecule has 1 N–H and O–H groups in total. The molecule has 3 aromatic rings. The zero-order valence-corrected chi connectivity index (χ0v) is 19.0. The molecule has 31 heavy (non-hydrogen) atoms. The van der Waals surface area contributed by atoms with Crippen molar-refractivity contribution in [3.8, 4) is 5.69 Å². The first-order valence-corrected chi connectivity index (χ1v) is 11.0. The number of nitrogens with zero attached hydrogens (tertiary/aromatic N) is 4. The molecule has 7 nitrogen and oxygen atoms in total. The Balaban J connectivity index is 1.66. The molecule has 1 heterocycles. The van der Waals surface area contributed by atoms with Crippen molar-refractivity contribution in [2.75, 3.05) is 19.8 Å². The topological polar surface area (TPSA) is 80.1 Å². The Kier molecular flexibility index (Phi) is 7.46. The molecule has 0 spiro atoms. The van der Waals surface area contributed by atoms with Crippen molar-refractivity contribution >= 4 is 23.6 Å². The molecular formula is C23H27N5O2S. The summed E-state index contributed by atoms with van der Waals surface area (Å²) in [6, 6.07) is 15.2. The molecule has 2 aromatic carbocycles. The first kappa shape index (κ1) is 22.6. The Bertz CT molecular complexity index is 1050. The summed E-state index contributed by atoms with van der Waals surface area (Å²) in [4.78, 5) is 26.7. The summed E-state index contributed by atoms with van der Waals surface area (Å²) >= 11 is 1.29. The first-order chi connectivity index (χ1) is 14.8. The van der Waals surface area contributed by atoms with Gasteiger partial charge >= 0.3 is 0 Å². The predicted molar refractivity (Wildman–Crippen MR) is 122 cm³/mol. The van der Waals surface area contributed by atoms with Crippen LogP contribution < -0.4 is 5.32 Å². The lowest BCUT2D eigenvalue weighted by Gasteiger charge is -2.22. The van der Waals surface area contributed by atoms with Gasteiger partial charge in [-0.05, 0) is 42.7 Å². The minimum Gasteiger partial charge on any atom is -0.347 e. The molecule has 1 unspecified atom stereocenters. The zero-order chi connectivity index (χ0) is 22.4. The van der Waals surface area contributed by atoms with Crippen LogP contribution in [0.4, 0.5) is 0 Å². The fourth-order valence-electron chi connectivity index (χ4n) is 3.10. The fourth-order valence-corrected chi connectivity index (χ4v) is 3.84. The van der Waals surface area contributed by atoms with Gasteiger partial charge in [-0.3, -0.25) is 14.2 Å². The van der Waals surface area contributed by atoms with E-state index in [9.17, 15) is 9.59 Å². The highest BCUT2D eigenvalue weighted by Gasteiger charge is 2.23. The van der Waals surface area contributed by atoms with Crippen LogP contribution in [0.2, 0.25) is 0 Å². The van der Waals surface area contributed by atoms with Gasteiger partial charge in [-0.15, -0.1) is 10.2 Å². The van der Waals surface area contributed by atoms with E-state index >= 15 is 0 Å². The van der Waals surface area contributed by atoms with Crippen molar-refractivity contribution in [3.05, 3.63) is 71.5 Å². The van der Waals surface area contributed by atoms with E-state index in [1.54, 1.807) is 20.4 Å². The van der Waals surface area contributed by atoms with Crippen molar-refractivity contribution in [2.24, 2.45) is 0 Å². The van der Waals surface area contributed by atoms with E-state index in [1.165, 1.54) is 27.8 Å². The minimum atomic E-state index is -0.622. The van der Waals surface area contributed by atoms with Crippen LogP contribution in [0, 0.1) is 13.8 Å². The van der Waals surface area contributed by atoms with Gasteiger partial charge in [0.2, 0.25) is 11.8 Å². The number of carbonyl (C=O) groups excluding carboxylic acids is 2. The van der Waals surface area contributed by atoms with Gasteiger partial charge in [0.25, 0.3) is 0 Å². The summed E-state index contributed by atoms with van der Waals surface area (Å²) in [7, 11) is 3.38. The molecule has 2 amide bonds. The van der Waals surface area contributed by atoms with E-state index < -0.39 is 6.04 Å². The van der Waals surface area contributed by atoms with Gasteiger partial charge in [0, 0.05) is 26.2 Å². The molecule has 0 saturated heterocycles. The third-order valence-corrected chi connectivity index (χ3v) is 5.92. The molecule has 8 heteroatoms. The maximum Gasteiger partial charge on any atom is 0.244 e. The third kappa shape index (κ3) is 5.95. The van der Waals surface area contributed by atoms with Gasteiger partial charge in [-0.25, -0.2) is 0 Å². The summed E-state index contributed by atoms with van der Waals surface area (Å²) in [5.74, 6) is -0.230. The van der Waals surface area contributed by atoms with E-state index in [1.807, 2.05) is 47.0 Å². The lowest BCUT2D eigenvalue weighted by molar-refractivity contribution is -0.133. The van der Waals surface area contributed by atoms with Gasteiger partial charge in [0.05, 0.1) is 5.75 Å². The second-order valence-corrected chi connectivity index (χ2v) is 8.53. The Hall–Kier alpha value is -3.13. The van der Waals surface area contributed by atoms with E-state index in [-0.39, 0.29) is 17.6 Å². The van der Waals surface area contributed by atoms with Crippen molar-refractivity contribution in [2.45, 2.75) is 31.5 Å². The van der Waals surface area contributed by atoms with Crippen molar-refractivity contribution in [1.29, 1.82) is 0 Å². The molecule has 0 bridgehead atoms. The monoisotopic (exact) mass is 437 g/mol. The Morgan fingerprint density at radius 3 is 2.52 bits per heavy atom. The first-order valence-electron chi connectivity index (χ1n) is 10.00. The number of hydrogen-bond donors (Lipinski definition) is 1. The van der Waals surface area contributed by atoms with Gasteiger partial charge in [-0.1, -0.05) is 48.2 Å². The summed E-state index contributed by atoms with van der Waals surface area (Å²) < 4.78 is 1.86. The van der Waals surface area contributed by atoms with Crippen LogP contribution >= 0.6 is 11.8 Å². The molecule has 1 atom stereocenters. The zero-order valence-electron chi connectivity index (χ0n) is 18.2.